The number of rotatable bonds is 6. The zero-order valence-corrected chi connectivity index (χ0v) is 15.5. The molecular weight excluding hydrogens is 398 g/mol. The maximum absolute atomic E-state index is 12.5. The van der Waals surface area contributed by atoms with E-state index in [2.05, 4.69) is 15.9 Å². The largest absolute Gasteiger partial charge is 0.481 e. The Labute approximate surface area is 152 Å². The predicted molar refractivity (Wildman–Crippen MR) is 94.8 cm³/mol. The van der Waals surface area contributed by atoms with Crippen molar-refractivity contribution in [3.05, 3.63) is 33.1 Å². The van der Waals surface area contributed by atoms with Gasteiger partial charge >= 0.3 is 5.97 Å². The normalized spacial score (nSPS) is 17.5. The van der Waals surface area contributed by atoms with Gasteiger partial charge in [0.25, 0.3) is 11.1 Å². The molecule has 6 nitrogen and oxygen atoms in total. The molecule has 1 N–H and O–H groups in total. The van der Waals surface area contributed by atoms with Gasteiger partial charge in [-0.25, -0.2) is 4.79 Å². The highest BCUT2D eigenvalue weighted by molar-refractivity contribution is 9.10. The third kappa shape index (κ3) is 4.18. The molecule has 128 valence electrons. The lowest BCUT2D eigenvalue weighted by Gasteiger charge is -2.19. The molecule has 1 aromatic rings. The first-order chi connectivity index (χ1) is 11.3. The van der Waals surface area contributed by atoms with Crippen LogP contribution in [0.5, 0.6) is 5.75 Å². The number of benzene rings is 1. The van der Waals surface area contributed by atoms with E-state index in [9.17, 15) is 14.4 Å². The average Bonchev–Trinajstić information content (AvgIpc) is 2.80. The summed E-state index contributed by atoms with van der Waals surface area (Å²) in [6.45, 7) is 3.24. The van der Waals surface area contributed by atoms with Crippen molar-refractivity contribution >= 4 is 50.9 Å². The van der Waals surface area contributed by atoms with Crippen LogP contribution in [0.3, 0.4) is 0 Å². The van der Waals surface area contributed by atoms with Gasteiger partial charge in [0.15, 0.2) is 6.61 Å². The topological polar surface area (TPSA) is 83.9 Å². The number of aliphatic carboxylic acids is 1. The summed E-state index contributed by atoms with van der Waals surface area (Å²) in [6, 6.07) is 4.85. The molecule has 1 atom stereocenters. The third-order valence-electron chi connectivity index (χ3n) is 3.46. The van der Waals surface area contributed by atoms with Gasteiger partial charge in [0.05, 0.1) is 4.91 Å². The fraction of sp³-hybridized carbons (Fsp3) is 0.312. The van der Waals surface area contributed by atoms with Crippen LogP contribution in [0.2, 0.25) is 0 Å². The number of imide groups is 1. The molecule has 2 rings (SSSR count). The van der Waals surface area contributed by atoms with Crippen molar-refractivity contribution in [1.29, 1.82) is 0 Å². The lowest BCUT2D eigenvalue weighted by atomic mass is 10.1. The Morgan fingerprint density at radius 1 is 1.46 bits per heavy atom. The summed E-state index contributed by atoms with van der Waals surface area (Å²) >= 11 is 4.20. The maximum Gasteiger partial charge on any atom is 0.341 e. The predicted octanol–water partition coefficient (Wildman–Crippen LogP) is 3.75. The fourth-order valence-corrected chi connectivity index (χ4v) is 3.39. The summed E-state index contributed by atoms with van der Waals surface area (Å²) in [7, 11) is 0. The SMILES string of the molecule is CC[C@@H](C)N1C(=O)S/C(=C/c2cc(Br)ccc2OCC(=O)O)C1=O. The van der Waals surface area contributed by atoms with Gasteiger partial charge in [0.2, 0.25) is 0 Å². The molecule has 0 saturated carbocycles. The number of amides is 2. The number of carbonyl (C=O) groups excluding carboxylic acids is 2. The van der Waals surface area contributed by atoms with Gasteiger partial charge in [-0.1, -0.05) is 22.9 Å². The Morgan fingerprint density at radius 3 is 2.79 bits per heavy atom. The summed E-state index contributed by atoms with van der Waals surface area (Å²) in [5.74, 6) is -1.11. The van der Waals surface area contributed by atoms with E-state index in [1.807, 2.05) is 13.8 Å². The minimum Gasteiger partial charge on any atom is -0.481 e. The number of halogens is 1. The minimum atomic E-state index is -1.10. The number of carboxylic acids is 1. The van der Waals surface area contributed by atoms with Crippen molar-refractivity contribution in [1.82, 2.24) is 4.90 Å². The van der Waals surface area contributed by atoms with Gasteiger partial charge in [-0.15, -0.1) is 0 Å². The molecule has 1 aromatic carbocycles. The van der Waals surface area contributed by atoms with Crippen LogP contribution in [0.4, 0.5) is 4.79 Å². The fourth-order valence-electron chi connectivity index (χ4n) is 2.09. The number of carbonyl (C=O) groups is 3. The first-order valence-electron chi connectivity index (χ1n) is 7.24. The van der Waals surface area contributed by atoms with E-state index in [-0.39, 0.29) is 17.2 Å². The second-order valence-electron chi connectivity index (χ2n) is 5.17. The Kier molecular flexibility index (Phi) is 6.06. The molecular formula is C16H16BrNO5S. The van der Waals surface area contributed by atoms with E-state index in [4.69, 9.17) is 9.84 Å². The molecule has 0 radical (unpaired) electrons. The molecule has 24 heavy (non-hydrogen) atoms. The Bertz CT molecular complexity index is 718. The van der Waals surface area contributed by atoms with Gasteiger partial charge in [0.1, 0.15) is 5.75 Å². The van der Waals surface area contributed by atoms with E-state index in [0.29, 0.717) is 22.6 Å². The summed E-state index contributed by atoms with van der Waals surface area (Å²) in [6.07, 6.45) is 2.23. The highest BCUT2D eigenvalue weighted by atomic mass is 79.9. The molecule has 1 heterocycles. The van der Waals surface area contributed by atoms with Crippen LogP contribution in [-0.2, 0) is 9.59 Å². The molecule has 1 fully saturated rings. The molecule has 8 heteroatoms. The van der Waals surface area contributed by atoms with Crippen molar-refractivity contribution in [3.8, 4) is 5.75 Å². The standard InChI is InChI=1S/C16H16BrNO5S/c1-3-9(2)18-15(21)13(24-16(18)22)7-10-6-11(17)4-5-12(10)23-8-14(19)20/h4-7,9H,3,8H2,1-2H3,(H,19,20)/b13-7+/t9-/m1/s1. The number of ether oxygens (including phenoxy) is 1. The maximum atomic E-state index is 12.5. The number of hydrogen-bond acceptors (Lipinski definition) is 5. The number of thioether (sulfide) groups is 1. The van der Waals surface area contributed by atoms with Gasteiger partial charge < -0.3 is 9.84 Å². The van der Waals surface area contributed by atoms with Crippen LogP contribution in [0.25, 0.3) is 6.08 Å². The second-order valence-corrected chi connectivity index (χ2v) is 7.08. The summed E-state index contributed by atoms with van der Waals surface area (Å²) in [4.78, 5) is 36.7. The van der Waals surface area contributed by atoms with Gasteiger partial charge in [-0.3, -0.25) is 14.5 Å². The molecule has 1 saturated heterocycles. The highest BCUT2D eigenvalue weighted by Crippen LogP contribution is 2.36. The summed E-state index contributed by atoms with van der Waals surface area (Å²) < 4.78 is 5.99. The summed E-state index contributed by atoms with van der Waals surface area (Å²) in [5, 5.41) is 8.44. The quantitative estimate of drug-likeness (QED) is 0.714. The molecule has 2 amide bonds. The van der Waals surface area contributed by atoms with Crippen LogP contribution < -0.4 is 4.74 Å². The molecule has 0 spiro atoms. The second kappa shape index (κ2) is 7.85. The van der Waals surface area contributed by atoms with Crippen molar-refractivity contribution in [3.63, 3.8) is 0 Å². The molecule has 1 aliphatic heterocycles. The van der Waals surface area contributed by atoms with Crippen LogP contribution in [0.1, 0.15) is 25.8 Å². The van der Waals surface area contributed by atoms with Gasteiger partial charge in [0, 0.05) is 16.1 Å². The molecule has 0 bridgehead atoms. The highest BCUT2D eigenvalue weighted by Gasteiger charge is 2.37. The van der Waals surface area contributed by atoms with Crippen LogP contribution in [0.15, 0.2) is 27.6 Å². The molecule has 0 aliphatic carbocycles. The van der Waals surface area contributed by atoms with Gasteiger partial charge in [-0.05, 0) is 49.4 Å². The van der Waals surface area contributed by atoms with E-state index in [1.165, 1.54) is 4.90 Å². The molecule has 0 unspecified atom stereocenters. The first kappa shape index (κ1) is 18.5. The van der Waals surface area contributed by atoms with E-state index in [0.717, 1.165) is 16.2 Å². The van der Waals surface area contributed by atoms with Crippen LogP contribution in [-0.4, -0.2) is 39.8 Å². The average molecular weight is 414 g/mol. The Hall–Kier alpha value is -1.80. The number of nitrogens with zero attached hydrogens (tertiary/aromatic N) is 1. The minimum absolute atomic E-state index is 0.173. The zero-order chi connectivity index (χ0) is 17.9. The van der Waals surface area contributed by atoms with Crippen molar-refractivity contribution in [2.24, 2.45) is 0 Å². The van der Waals surface area contributed by atoms with E-state index in [1.54, 1.807) is 24.3 Å². The van der Waals surface area contributed by atoms with Gasteiger partial charge in [-0.2, -0.15) is 0 Å². The monoisotopic (exact) mass is 413 g/mol. The Morgan fingerprint density at radius 2 is 2.17 bits per heavy atom. The third-order valence-corrected chi connectivity index (χ3v) is 4.84. The van der Waals surface area contributed by atoms with E-state index >= 15 is 0 Å². The Balaban J connectivity index is 2.33. The molecule has 1 aliphatic rings. The number of hydrogen-bond donors (Lipinski definition) is 1. The zero-order valence-electron chi connectivity index (χ0n) is 13.1. The summed E-state index contributed by atoms with van der Waals surface area (Å²) in [5.41, 5.74) is 0.528. The lowest BCUT2D eigenvalue weighted by molar-refractivity contribution is -0.139. The number of carboxylic acid groups (broad SMARTS) is 1. The van der Waals surface area contributed by atoms with Crippen LogP contribution >= 0.6 is 27.7 Å². The lowest BCUT2D eigenvalue weighted by Crippen LogP contribution is -2.36. The smallest absolute Gasteiger partial charge is 0.341 e. The van der Waals surface area contributed by atoms with Crippen molar-refractivity contribution < 1.29 is 24.2 Å². The van der Waals surface area contributed by atoms with Crippen molar-refractivity contribution in [2.75, 3.05) is 6.61 Å². The molecule has 0 aromatic heterocycles. The van der Waals surface area contributed by atoms with E-state index < -0.39 is 12.6 Å². The first-order valence-corrected chi connectivity index (χ1v) is 8.85. The van der Waals surface area contributed by atoms with Crippen LogP contribution in [0, 0.1) is 0 Å². The van der Waals surface area contributed by atoms with Crippen molar-refractivity contribution in [2.45, 2.75) is 26.3 Å².